The minimum Gasteiger partial charge on any atom is -0.341 e. The number of H-pyrrole nitrogens is 1. The molecule has 0 aliphatic heterocycles. The van der Waals surface area contributed by atoms with Gasteiger partial charge in [-0.15, -0.1) is 0 Å². The summed E-state index contributed by atoms with van der Waals surface area (Å²) in [5.74, 6) is 0.276. The summed E-state index contributed by atoms with van der Waals surface area (Å²) in [5.41, 5.74) is 2.09. The third kappa shape index (κ3) is 0.958. The fourth-order valence-electron chi connectivity index (χ4n) is 1.22. The third-order valence-electron chi connectivity index (χ3n) is 1.75. The van der Waals surface area contributed by atoms with Gasteiger partial charge in [-0.05, 0) is 25.5 Å². The molecule has 0 unspecified atom stereocenters. The van der Waals surface area contributed by atoms with Crippen molar-refractivity contribution in [3.8, 4) is 0 Å². The van der Waals surface area contributed by atoms with Crippen LogP contribution in [0.1, 0.15) is 11.4 Å². The Morgan fingerprint density at radius 2 is 2.08 bits per heavy atom. The van der Waals surface area contributed by atoms with Crippen LogP contribution in [0.5, 0.6) is 0 Å². The van der Waals surface area contributed by atoms with Gasteiger partial charge in [-0.2, -0.15) is 9.37 Å². The number of hydrogen-bond acceptors (Lipinski definition) is 2. The molecule has 3 nitrogen and oxygen atoms in total. The minimum atomic E-state index is -0.480. The molecule has 0 bridgehead atoms. The first-order valence-electron chi connectivity index (χ1n) is 3.66. The number of aromatic amines is 1. The quantitative estimate of drug-likeness (QED) is 0.604. The minimum absolute atomic E-state index is 0.449. The van der Waals surface area contributed by atoms with E-state index < -0.39 is 5.95 Å². The lowest BCUT2D eigenvalue weighted by molar-refractivity contribution is 0.587. The van der Waals surface area contributed by atoms with Crippen molar-refractivity contribution in [3.63, 3.8) is 0 Å². The Balaban J connectivity index is 2.88. The van der Waals surface area contributed by atoms with Crippen molar-refractivity contribution in [2.75, 3.05) is 0 Å². The van der Waals surface area contributed by atoms with E-state index in [9.17, 15) is 4.39 Å². The highest BCUT2D eigenvalue weighted by molar-refractivity contribution is 5.74. The van der Waals surface area contributed by atoms with Gasteiger partial charge in [-0.3, -0.25) is 0 Å². The number of rotatable bonds is 0. The molecule has 0 radical (unpaired) electrons. The van der Waals surface area contributed by atoms with Crippen LogP contribution in [0.4, 0.5) is 4.39 Å². The lowest BCUT2D eigenvalue weighted by atomic mass is 10.3. The fourth-order valence-corrected chi connectivity index (χ4v) is 1.22. The normalized spacial score (nSPS) is 10.9. The van der Waals surface area contributed by atoms with Crippen molar-refractivity contribution >= 4 is 11.2 Å². The maximum Gasteiger partial charge on any atom is 0.215 e. The number of hydrogen-bond donors (Lipinski definition) is 1. The van der Waals surface area contributed by atoms with Crippen LogP contribution < -0.4 is 0 Å². The molecular formula is C8H8FN3. The predicted molar refractivity (Wildman–Crippen MR) is 43.3 cm³/mol. The molecule has 62 valence electrons. The number of halogens is 1. The molecule has 1 N–H and O–H groups in total. The highest BCUT2D eigenvalue weighted by atomic mass is 19.1. The molecule has 0 aromatic carbocycles. The van der Waals surface area contributed by atoms with E-state index in [0.717, 1.165) is 16.9 Å². The molecule has 0 amide bonds. The van der Waals surface area contributed by atoms with E-state index in [0.29, 0.717) is 5.65 Å². The molecule has 0 saturated heterocycles. The monoisotopic (exact) mass is 165 g/mol. The number of pyridine rings is 1. The summed E-state index contributed by atoms with van der Waals surface area (Å²) >= 11 is 0. The first-order chi connectivity index (χ1) is 5.66. The number of nitrogens with one attached hydrogen (secondary N) is 1. The number of aromatic nitrogens is 3. The third-order valence-corrected chi connectivity index (χ3v) is 1.75. The first kappa shape index (κ1) is 7.21. The van der Waals surface area contributed by atoms with Crippen molar-refractivity contribution in [3.05, 3.63) is 23.4 Å². The highest BCUT2D eigenvalue weighted by Gasteiger charge is 2.05. The predicted octanol–water partition coefficient (Wildman–Crippen LogP) is 1.71. The second-order valence-corrected chi connectivity index (χ2v) is 2.78. The van der Waals surface area contributed by atoms with Crippen LogP contribution in [0.25, 0.3) is 11.2 Å². The highest BCUT2D eigenvalue weighted by Crippen LogP contribution is 2.13. The second kappa shape index (κ2) is 2.27. The van der Waals surface area contributed by atoms with E-state index in [1.807, 2.05) is 13.8 Å². The molecule has 0 saturated carbocycles. The van der Waals surface area contributed by atoms with Gasteiger partial charge in [0.05, 0.1) is 5.52 Å². The molecule has 2 rings (SSSR count). The van der Waals surface area contributed by atoms with Gasteiger partial charge in [0.2, 0.25) is 5.95 Å². The van der Waals surface area contributed by atoms with Gasteiger partial charge < -0.3 is 4.98 Å². The Morgan fingerprint density at radius 1 is 1.33 bits per heavy atom. The molecule has 0 spiro atoms. The van der Waals surface area contributed by atoms with Gasteiger partial charge >= 0.3 is 0 Å². The van der Waals surface area contributed by atoms with Crippen molar-refractivity contribution in [2.45, 2.75) is 13.8 Å². The second-order valence-electron chi connectivity index (χ2n) is 2.78. The Morgan fingerprint density at radius 3 is 2.83 bits per heavy atom. The molecular weight excluding hydrogens is 157 g/mol. The molecule has 2 aromatic rings. The molecule has 12 heavy (non-hydrogen) atoms. The number of fused-ring (bicyclic) bond motifs is 1. The zero-order valence-electron chi connectivity index (χ0n) is 6.85. The summed E-state index contributed by atoms with van der Waals surface area (Å²) < 4.78 is 12.7. The number of aryl methyl sites for hydroxylation is 2. The summed E-state index contributed by atoms with van der Waals surface area (Å²) in [5, 5.41) is 0. The number of imidazole rings is 1. The first-order valence-corrected chi connectivity index (χ1v) is 3.66. The molecule has 2 aromatic heterocycles. The molecule has 0 aliphatic rings. The van der Waals surface area contributed by atoms with Crippen LogP contribution in [0.15, 0.2) is 6.07 Å². The average Bonchev–Trinajstić information content (AvgIpc) is 2.29. The summed E-state index contributed by atoms with van der Waals surface area (Å²) in [4.78, 5) is 10.7. The van der Waals surface area contributed by atoms with Gasteiger partial charge in [0.15, 0.2) is 5.65 Å². The Hall–Kier alpha value is -1.45. The van der Waals surface area contributed by atoms with E-state index in [-0.39, 0.29) is 0 Å². The summed E-state index contributed by atoms with van der Waals surface area (Å²) in [6, 6.07) is 1.39. The van der Waals surface area contributed by atoms with E-state index >= 15 is 0 Å². The topological polar surface area (TPSA) is 41.6 Å². The SMILES string of the molecule is Cc1nc2nc(F)cc(C)c2[nH]1. The van der Waals surface area contributed by atoms with Gasteiger partial charge in [-0.1, -0.05) is 0 Å². The maximum atomic E-state index is 12.7. The molecule has 0 aliphatic carbocycles. The molecule has 2 heterocycles. The Kier molecular flexibility index (Phi) is 1.36. The Labute approximate surface area is 68.7 Å². The van der Waals surface area contributed by atoms with Gasteiger partial charge in [0.1, 0.15) is 5.82 Å². The van der Waals surface area contributed by atoms with E-state index in [1.165, 1.54) is 6.07 Å². The van der Waals surface area contributed by atoms with Crippen LogP contribution in [-0.4, -0.2) is 15.0 Å². The van der Waals surface area contributed by atoms with Crippen molar-refractivity contribution in [1.29, 1.82) is 0 Å². The van der Waals surface area contributed by atoms with Gasteiger partial charge in [-0.25, -0.2) is 4.98 Å². The van der Waals surface area contributed by atoms with Crippen LogP contribution >= 0.6 is 0 Å². The zero-order chi connectivity index (χ0) is 8.72. The van der Waals surface area contributed by atoms with Crippen molar-refractivity contribution < 1.29 is 4.39 Å². The van der Waals surface area contributed by atoms with E-state index in [1.54, 1.807) is 0 Å². The summed E-state index contributed by atoms with van der Waals surface area (Å²) in [6.07, 6.45) is 0. The van der Waals surface area contributed by atoms with Crippen molar-refractivity contribution in [2.24, 2.45) is 0 Å². The average molecular weight is 165 g/mol. The van der Waals surface area contributed by atoms with Crippen LogP contribution in [0, 0.1) is 19.8 Å². The maximum absolute atomic E-state index is 12.7. The summed E-state index contributed by atoms with van der Waals surface area (Å²) in [7, 11) is 0. The fraction of sp³-hybridized carbons (Fsp3) is 0.250. The largest absolute Gasteiger partial charge is 0.341 e. The zero-order valence-corrected chi connectivity index (χ0v) is 6.85. The van der Waals surface area contributed by atoms with Gasteiger partial charge in [0, 0.05) is 0 Å². The van der Waals surface area contributed by atoms with Crippen LogP contribution in [-0.2, 0) is 0 Å². The standard InChI is InChI=1S/C8H8FN3/c1-4-3-6(9)12-8-7(4)10-5(2)11-8/h3H,1-2H3,(H,10,11,12). The van der Waals surface area contributed by atoms with Crippen molar-refractivity contribution in [1.82, 2.24) is 15.0 Å². The van der Waals surface area contributed by atoms with E-state index in [2.05, 4.69) is 15.0 Å². The van der Waals surface area contributed by atoms with Crippen LogP contribution in [0.3, 0.4) is 0 Å². The summed E-state index contributed by atoms with van der Waals surface area (Å²) in [6.45, 7) is 3.64. The van der Waals surface area contributed by atoms with Crippen LogP contribution in [0.2, 0.25) is 0 Å². The van der Waals surface area contributed by atoms with Gasteiger partial charge in [0.25, 0.3) is 0 Å². The lowest BCUT2D eigenvalue weighted by Gasteiger charge is -1.92. The molecule has 0 atom stereocenters. The lowest BCUT2D eigenvalue weighted by Crippen LogP contribution is -1.86. The molecule has 4 heteroatoms. The molecule has 0 fully saturated rings. The smallest absolute Gasteiger partial charge is 0.215 e. The number of nitrogens with zero attached hydrogens (tertiary/aromatic N) is 2. The Bertz CT molecular complexity index is 433. The van der Waals surface area contributed by atoms with E-state index in [4.69, 9.17) is 0 Å².